The molecule has 2 unspecified atom stereocenters. The van der Waals surface area contributed by atoms with E-state index < -0.39 is 11.7 Å². The Morgan fingerprint density at radius 2 is 2.06 bits per heavy atom. The Bertz CT molecular complexity index is 362. The molecule has 0 aliphatic carbocycles. The van der Waals surface area contributed by atoms with Crippen molar-refractivity contribution in [3.63, 3.8) is 0 Å². The highest BCUT2D eigenvalue weighted by molar-refractivity contribution is 6.33. The average molecular weight is 263 g/mol. The monoisotopic (exact) mass is 262 g/mol. The molecule has 2 atom stereocenters. The Morgan fingerprint density at radius 1 is 1.44 bits per heavy atom. The van der Waals surface area contributed by atoms with Crippen molar-refractivity contribution in [2.75, 3.05) is 7.11 Å². The van der Waals surface area contributed by atoms with Crippen molar-refractivity contribution in [1.82, 2.24) is 0 Å². The van der Waals surface area contributed by atoms with Crippen molar-refractivity contribution >= 4 is 23.2 Å². The predicted molar refractivity (Wildman–Crippen MR) is 67.1 cm³/mol. The minimum Gasteiger partial charge on any atom is -0.385 e. The van der Waals surface area contributed by atoms with E-state index in [1.807, 2.05) is 13.8 Å². The van der Waals surface area contributed by atoms with Crippen LogP contribution < -0.4 is 0 Å². The van der Waals surface area contributed by atoms with Gasteiger partial charge < -0.3 is 9.84 Å². The van der Waals surface area contributed by atoms with Gasteiger partial charge in [-0.05, 0) is 31.5 Å². The lowest BCUT2D eigenvalue weighted by atomic mass is 9.90. The highest BCUT2D eigenvalue weighted by Crippen LogP contribution is 2.36. The molecule has 0 radical (unpaired) electrons. The smallest absolute Gasteiger partial charge is 0.109 e. The number of hydrogen-bond donors (Lipinski definition) is 1. The lowest BCUT2D eigenvalue weighted by Crippen LogP contribution is -2.34. The molecule has 0 heterocycles. The van der Waals surface area contributed by atoms with Gasteiger partial charge in [0, 0.05) is 22.7 Å². The molecule has 0 bridgehead atoms. The van der Waals surface area contributed by atoms with Crippen LogP contribution >= 0.6 is 23.2 Å². The summed E-state index contributed by atoms with van der Waals surface area (Å²) >= 11 is 11.9. The number of aliphatic hydroxyl groups is 1. The average Bonchev–Trinajstić information content (AvgIpc) is 2.30. The largest absolute Gasteiger partial charge is 0.385 e. The van der Waals surface area contributed by atoms with Crippen LogP contribution in [0.5, 0.6) is 0 Å². The molecule has 2 nitrogen and oxygen atoms in total. The first-order valence-electron chi connectivity index (χ1n) is 5.12. The maximum absolute atomic E-state index is 10.3. The van der Waals surface area contributed by atoms with Crippen LogP contribution in [-0.4, -0.2) is 17.8 Å². The Balaban J connectivity index is 3.12. The number of rotatable bonds is 4. The molecule has 0 saturated heterocycles. The summed E-state index contributed by atoms with van der Waals surface area (Å²) in [4.78, 5) is 0. The van der Waals surface area contributed by atoms with E-state index in [0.29, 0.717) is 22.0 Å². The maximum atomic E-state index is 10.3. The molecule has 1 N–H and O–H groups in total. The van der Waals surface area contributed by atoms with E-state index in [1.54, 1.807) is 25.3 Å². The van der Waals surface area contributed by atoms with Crippen LogP contribution in [0.25, 0.3) is 0 Å². The van der Waals surface area contributed by atoms with Crippen molar-refractivity contribution in [3.8, 4) is 0 Å². The van der Waals surface area contributed by atoms with E-state index in [9.17, 15) is 5.11 Å². The number of benzene rings is 1. The Labute approximate surface area is 106 Å². The Kier molecular flexibility index (Phi) is 4.62. The fourth-order valence-corrected chi connectivity index (χ4v) is 1.90. The fraction of sp³-hybridized carbons (Fsp3) is 0.500. The minimum absolute atomic E-state index is 0.494. The standard InChI is InChI=1S/C12H16Cl2O2/c1-4-12(2,16-3)11(15)9-7-8(13)5-6-10(9)14/h5-7,11,15H,4H2,1-3H3. The highest BCUT2D eigenvalue weighted by atomic mass is 35.5. The van der Waals surface area contributed by atoms with Crippen molar-refractivity contribution in [1.29, 1.82) is 0 Å². The number of aliphatic hydroxyl groups excluding tert-OH is 1. The molecule has 1 aromatic rings. The van der Waals surface area contributed by atoms with Crippen molar-refractivity contribution in [3.05, 3.63) is 33.8 Å². The lowest BCUT2D eigenvalue weighted by Gasteiger charge is -2.32. The first-order chi connectivity index (χ1) is 7.44. The molecule has 90 valence electrons. The van der Waals surface area contributed by atoms with E-state index >= 15 is 0 Å². The normalized spacial score (nSPS) is 16.9. The molecule has 0 aliphatic heterocycles. The van der Waals surface area contributed by atoms with Crippen molar-refractivity contribution in [2.24, 2.45) is 0 Å². The van der Waals surface area contributed by atoms with Crippen LogP contribution in [0, 0.1) is 0 Å². The Hall–Kier alpha value is -0.280. The fourth-order valence-electron chi connectivity index (χ4n) is 1.50. The number of methoxy groups -OCH3 is 1. The van der Waals surface area contributed by atoms with Crippen molar-refractivity contribution < 1.29 is 9.84 Å². The molecule has 1 aromatic carbocycles. The molecule has 0 amide bonds. The van der Waals surface area contributed by atoms with E-state index in [1.165, 1.54) is 0 Å². The third-order valence-electron chi connectivity index (χ3n) is 3.00. The van der Waals surface area contributed by atoms with Crippen LogP contribution in [0.2, 0.25) is 10.0 Å². The van der Waals surface area contributed by atoms with Gasteiger partial charge in [0.05, 0.1) is 5.60 Å². The number of hydrogen-bond acceptors (Lipinski definition) is 2. The topological polar surface area (TPSA) is 29.5 Å². The van der Waals surface area contributed by atoms with Crippen molar-refractivity contribution in [2.45, 2.75) is 32.0 Å². The summed E-state index contributed by atoms with van der Waals surface area (Å²) in [7, 11) is 1.57. The highest BCUT2D eigenvalue weighted by Gasteiger charge is 2.33. The molecular formula is C12H16Cl2O2. The van der Waals surface area contributed by atoms with Gasteiger partial charge >= 0.3 is 0 Å². The first-order valence-corrected chi connectivity index (χ1v) is 5.88. The van der Waals surface area contributed by atoms with Crippen LogP contribution in [0.1, 0.15) is 31.9 Å². The minimum atomic E-state index is -0.798. The molecule has 1 rings (SSSR count). The molecule has 0 spiro atoms. The van der Waals surface area contributed by atoms with E-state index in [0.717, 1.165) is 0 Å². The summed E-state index contributed by atoms with van der Waals surface area (Å²) in [6.45, 7) is 3.79. The molecule has 4 heteroatoms. The van der Waals surface area contributed by atoms with Gasteiger partial charge in [0.25, 0.3) is 0 Å². The molecule has 0 aromatic heterocycles. The third-order valence-corrected chi connectivity index (χ3v) is 3.58. The van der Waals surface area contributed by atoms with Crippen LogP contribution in [-0.2, 0) is 4.74 Å². The summed E-state index contributed by atoms with van der Waals surface area (Å²) in [5.41, 5.74) is -0.0608. The summed E-state index contributed by atoms with van der Waals surface area (Å²) in [5, 5.41) is 11.3. The van der Waals surface area contributed by atoms with Crippen LogP contribution in [0.3, 0.4) is 0 Å². The zero-order chi connectivity index (χ0) is 12.3. The van der Waals surface area contributed by atoms with Gasteiger partial charge in [-0.3, -0.25) is 0 Å². The maximum Gasteiger partial charge on any atom is 0.109 e. The van der Waals surface area contributed by atoms with Gasteiger partial charge in [-0.25, -0.2) is 0 Å². The second-order valence-electron chi connectivity index (χ2n) is 3.94. The predicted octanol–water partition coefficient (Wildman–Crippen LogP) is 3.84. The molecule has 0 saturated carbocycles. The molecule has 16 heavy (non-hydrogen) atoms. The summed E-state index contributed by atoms with van der Waals surface area (Å²) < 4.78 is 5.35. The summed E-state index contributed by atoms with van der Waals surface area (Å²) in [5.74, 6) is 0. The lowest BCUT2D eigenvalue weighted by molar-refractivity contribution is -0.0943. The van der Waals surface area contributed by atoms with Gasteiger partial charge in [-0.1, -0.05) is 30.1 Å². The number of halogens is 2. The second kappa shape index (κ2) is 5.37. The molecule has 0 aliphatic rings. The number of ether oxygens (including phenoxy) is 1. The SMILES string of the molecule is CCC(C)(OC)C(O)c1cc(Cl)ccc1Cl. The molecular weight excluding hydrogens is 247 g/mol. The van der Waals surface area contributed by atoms with Gasteiger partial charge in [-0.2, -0.15) is 0 Å². The van der Waals surface area contributed by atoms with E-state index in [2.05, 4.69) is 0 Å². The van der Waals surface area contributed by atoms with Gasteiger partial charge in [0.1, 0.15) is 6.10 Å². The quantitative estimate of drug-likeness (QED) is 0.894. The van der Waals surface area contributed by atoms with E-state index in [4.69, 9.17) is 27.9 Å². The zero-order valence-electron chi connectivity index (χ0n) is 9.63. The van der Waals surface area contributed by atoms with Crippen LogP contribution in [0.15, 0.2) is 18.2 Å². The van der Waals surface area contributed by atoms with E-state index in [-0.39, 0.29) is 0 Å². The first kappa shape index (κ1) is 13.8. The third kappa shape index (κ3) is 2.69. The van der Waals surface area contributed by atoms with Gasteiger partial charge in [0.2, 0.25) is 0 Å². The summed E-state index contributed by atoms with van der Waals surface area (Å²) in [6.07, 6.45) is -0.123. The van der Waals surface area contributed by atoms with Gasteiger partial charge in [-0.15, -0.1) is 0 Å². The Morgan fingerprint density at radius 3 is 2.56 bits per heavy atom. The zero-order valence-corrected chi connectivity index (χ0v) is 11.1. The summed E-state index contributed by atoms with van der Waals surface area (Å²) in [6, 6.07) is 5.03. The molecule has 0 fully saturated rings. The second-order valence-corrected chi connectivity index (χ2v) is 4.78. The van der Waals surface area contributed by atoms with Gasteiger partial charge in [0.15, 0.2) is 0 Å². The van der Waals surface area contributed by atoms with Crippen LogP contribution in [0.4, 0.5) is 0 Å².